The summed E-state index contributed by atoms with van der Waals surface area (Å²) < 4.78 is 0. The van der Waals surface area contributed by atoms with E-state index in [1.165, 1.54) is 29.2 Å². The Labute approximate surface area is 127 Å². The van der Waals surface area contributed by atoms with Crippen molar-refractivity contribution >= 4 is 23.2 Å². The minimum absolute atomic E-state index is 0. The van der Waals surface area contributed by atoms with Crippen LogP contribution in [-0.4, -0.2) is 13.6 Å². The molecule has 1 unspecified atom stereocenters. The fraction of sp³-hybridized carbons (Fsp3) is 0.333. The summed E-state index contributed by atoms with van der Waals surface area (Å²) in [5.41, 5.74) is 1.75. The molecule has 0 radical (unpaired) electrons. The number of hydrogen-bond acceptors (Lipinski definition) is 1. The number of halogens is 1. The van der Waals surface area contributed by atoms with Gasteiger partial charge in [0.25, 0.3) is 0 Å². The molecule has 1 aliphatic carbocycles. The molecule has 1 atom stereocenters. The first kappa shape index (κ1) is 15.1. The second-order valence-electron chi connectivity index (χ2n) is 5.59. The Morgan fingerprint density at radius 1 is 1.05 bits per heavy atom. The molecular formula is C18H22ClN. The highest BCUT2D eigenvalue weighted by molar-refractivity contribution is 5.85. The van der Waals surface area contributed by atoms with Crippen LogP contribution in [-0.2, 0) is 5.41 Å². The van der Waals surface area contributed by atoms with E-state index in [9.17, 15) is 0 Å². The van der Waals surface area contributed by atoms with E-state index < -0.39 is 0 Å². The van der Waals surface area contributed by atoms with E-state index in [-0.39, 0.29) is 17.8 Å². The van der Waals surface area contributed by atoms with E-state index in [2.05, 4.69) is 67.0 Å². The number of likely N-dealkylation sites (N-methyl/N-ethyl adjacent to an activating group) is 1. The lowest BCUT2D eigenvalue weighted by molar-refractivity contribution is 0.373. The van der Waals surface area contributed by atoms with Crippen molar-refractivity contribution in [3.05, 3.63) is 60.2 Å². The molecule has 0 spiro atoms. The van der Waals surface area contributed by atoms with Crippen molar-refractivity contribution in [2.75, 3.05) is 13.6 Å². The first-order valence-corrected chi connectivity index (χ1v) is 7.13. The predicted octanol–water partition coefficient (Wildman–Crippen LogP) is 4.46. The second-order valence-corrected chi connectivity index (χ2v) is 5.59. The Hall–Kier alpha value is -1.31. The van der Waals surface area contributed by atoms with Gasteiger partial charge in [-0.15, -0.1) is 12.4 Å². The topological polar surface area (TPSA) is 12.0 Å². The highest BCUT2D eigenvalue weighted by atomic mass is 35.5. The highest BCUT2D eigenvalue weighted by Crippen LogP contribution is 2.37. The fourth-order valence-electron chi connectivity index (χ4n) is 3.27. The van der Waals surface area contributed by atoms with Gasteiger partial charge in [-0.1, -0.05) is 54.6 Å². The van der Waals surface area contributed by atoms with Crippen molar-refractivity contribution in [2.45, 2.75) is 24.7 Å². The molecule has 0 saturated heterocycles. The van der Waals surface area contributed by atoms with Crippen LogP contribution in [0.2, 0.25) is 0 Å². The number of fused-ring (bicyclic) bond motifs is 1. The summed E-state index contributed by atoms with van der Waals surface area (Å²) in [4.78, 5) is 0. The summed E-state index contributed by atoms with van der Waals surface area (Å²) in [5, 5.41) is 6.07. The molecule has 0 heterocycles. The number of benzene rings is 2. The average molecular weight is 288 g/mol. The second kappa shape index (κ2) is 6.43. The Morgan fingerprint density at radius 3 is 2.55 bits per heavy atom. The minimum Gasteiger partial charge on any atom is -0.319 e. The van der Waals surface area contributed by atoms with E-state index in [1.807, 2.05) is 0 Å². The van der Waals surface area contributed by atoms with Gasteiger partial charge in [0.05, 0.1) is 0 Å². The zero-order chi connectivity index (χ0) is 13.1. The Kier molecular flexibility index (Phi) is 4.85. The Morgan fingerprint density at radius 2 is 1.85 bits per heavy atom. The van der Waals surface area contributed by atoms with Gasteiger partial charge in [-0.25, -0.2) is 0 Å². The van der Waals surface area contributed by atoms with Crippen molar-refractivity contribution in [1.29, 1.82) is 0 Å². The van der Waals surface area contributed by atoms with E-state index in [0.717, 1.165) is 13.0 Å². The third-order valence-electron chi connectivity index (χ3n) is 4.34. The number of allylic oxidation sites excluding steroid dienone is 2. The summed E-state index contributed by atoms with van der Waals surface area (Å²) in [6.07, 6.45) is 8.23. The lowest BCUT2D eigenvalue weighted by Crippen LogP contribution is -2.37. The Bertz CT molecular complexity index is 605. The molecule has 1 N–H and O–H groups in total. The third kappa shape index (κ3) is 2.74. The molecule has 0 aromatic heterocycles. The van der Waals surface area contributed by atoms with Crippen LogP contribution in [0.4, 0.5) is 0 Å². The molecule has 0 aliphatic heterocycles. The van der Waals surface area contributed by atoms with Crippen LogP contribution >= 0.6 is 12.4 Å². The van der Waals surface area contributed by atoms with Crippen LogP contribution < -0.4 is 5.32 Å². The van der Waals surface area contributed by atoms with Gasteiger partial charge in [-0.3, -0.25) is 0 Å². The highest BCUT2D eigenvalue weighted by Gasteiger charge is 2.31. The van der Waals surface area contributed by atoms with Gasteiger partial charge in [-0.05, 0) is 42.6 Å². The smallest absolute Gasteiger partial charge is 0.0115 e. The molecule has 0 fully saturated rings. The molecule has 1 aliphatic rings. The van der Waals surface area contributed by atoms with Crippen LogP contribution in [0.15, 0.2) is 54.6 Å². The van der Waals surface area contributed by atoms with Crippen molar-refractivity contribution in [3.63, 3.8) is 0 Å². The molecule has 106 valence electrons. The lowest BCUT2D eigenvalue weighted by atomic mass is 9.71. The molecule has 0 bridgehead atoms. The Balaban J connectivity index is 0.00000147. The van der Waals surface area contributed by atoms with Gasteiger partial charge in [0.2, 0.25) is 0 Å². The maximum atomic E-state index is 3.39. The standard InChI is InChI=1S/C18H21N.ClH/c1-19-14-18(11-5-2-6-12-18)17-10-9-15-7-3-4-8-16(15)13-17;/h2-5,7-10,13,19H,6,11-12,14H2,1H3;1H. The third-order valence-corrected chi connectivity index (χ3v) is 4.34. The largest absolute Gasteiger partial charge is 0.319 e. The van der Waals surface area contributed by atoms with E-state index in [1.54, 1.807) is 0 Å². The summed E-state index contributed by atoms with van der Waals surface area (Å²) >= 11 is 0. The van der Waals surface area contributed by atoms with Crippen LogP contribution in [0.3, 0.4) is 0 Å². The van der Waals surface area contributed by atoms with Crippen LogP contribution in [0, 0.1) is 0 Å². The fourth-order valence-corrected chi connectivity index (χ4v) is 3.27. The summed E-state index contributed by atoms with van der Waals surface area (Å²) in [6, 6.07) is 15.6. The van der Waals surface area contributed by atoms with E-state index >= 15 is 0 Å². The molecule has 3 rings (SSSR count). The number of nitrogens with one attached hydrogen (secondary N) is 1. The molecule has 1 nitrogen and oxygen atoms in total. The predicted molar refractivity (Wildman–Crippen MR) is 89.8 cm³/mol. The zero-order valence-corrected chi connectivity index (χ0v) is 12.7. The average Bonchev–Trinajstić information content (AvgIpc) is 2.48. The summed E-state index contributed by atoms with van der Waals surface area (Å²) in [7, 11) is 2.06. The number of hydrogen-bond donors (Lipinski definition) is 1. The van der Waals surface area contributed by atoms with Crippen molar-refractivity contribution in [2.24, 2.45) is 0 Å². The first-order valence-electron chi connectivity index (χ1n) is 7.13. The van der Waals surface area contributed by atoms with E-state index in [4.69, 9.17) is 0 Å². The van der Waals surface area contributed by atoms with Crippen LogP contribution in [0.1, 0.15) is 24.8 Å². The van der Waals surface area contributed by atoms with Gasteiger partial charge >= 0.3 is 0 Å². The zero-order valence-electron chi connectivity index (χ0n) is 11.9. The van der Waals surface area contributed by atoms with Gasteiger partial charge in [0.1, 0.15) is 0 Å². The van der Waals surface area contributed by atoms with Gasteiger partial charge in [0.15, 0.2) is 0 Å². The molecular weight excluding hydrogens is 266 g/mol. The van der Waals surface area contributed by atoms with Crippen molar-refractivity contribution < 1.29 is 0 Å². The maximum Gasteiger partial charge on any atom is 0.0115 e. The molecule has 20 heavy (non-hydrogen) atoms. The van der Waals surface area contributed by atoms with Gasteiger partial charge in [-0.2, -0.15) is 0 Å². The van der Waals surface area contributed by atoms with E-state index in [0.29, 0.717) is 0 Å². The normalized spacial score (nSPS) is 21.6. The van der Waals surface area contributed by atoms with Crippen LogP contribution in [0.5, 0.6) is 0 Å². The molecule has 0 amide bonds. The van der Waals surface area contributed by atoms with Gasteiger partial charge < -0.3 is 5.32 Å². The molecule has 2 aromatic carbocycles. The van der Waals surface area contributed by atoms with Crippen molar-refractivity contribution in [1.82, 2.24) is 5.32 Å². The molecule has 2 aromatic rings. The maximum absolute atomic E-state index is 3.39. The number of rotatable bonds is 3. The molecule has 2 heteroatoms. The lowest BCUT2D eigenvalue weighted by Gasteiger charge is -2.35. The molecule has 0 saturated carbocycles. The minimum atomic E-state index is 0. The van der Waals surface area contributed by atoms with Crippen LogP contribution in [0.25, 0.3) is 10.8 Å². The summed E-state index contributed by atoms with van der Waals surface area (Å²) in [6.45, 7) is 1.05. The van der Waals surface area contributed by atoms with Gasteiger partial charge in [0, 0.05) is 12.0 Å². The first-order chi connectivity index (χ1) is 9.34. The summed E-state index contributed by atoms with van der Waals surface area (Å²) in [5.74, 6) is 0. The van der Waals surface area contributed by atoms with Crippen molar-refractivity contribution in [3.8, 4) is 0 Å². The monoisotopic (exact) mass is 287 g/mol. The SMILES string of the molecule is CNCC1(c2ccc3ccccc3c2)CC=CCC1.Cl. The quantitative estimate of drug-likeness (QED) is 0.822.